The molecule has 7 aromatic carbocycles. The van der Waals surface area contributed by atoms with Crippen LogP contribution in [0, 0.1) is 0 Å². The number of aromatic nitrogens is 2. The number of hydrogen-bond acceptors (Lipinski definition) is 3. The molecule has 41 heavy (non-hydrogen) atoms. The van der Waals surface area contributed by atoms with Crippen molar-refractivity contribution in [2.75, 3.05) is 0 Å². The van der Waals surface area contributed by atoms with Gasteiger partial charge >= 0.3 is 0 Å². The summed E-state index contributed by atoms with van der Waals surface area (Å²) in [6.45, 7) is 0. The van der Waals surface area contributed by atoms with Crippen LogP contribution < -0.4 is 0 Å². The molecule has 0 atom stereocenters. The van der Waals surface area contributed by atoms with Gasteiger partial charge in [-0.1, -0.05) is 109 Å². The Morgan fingerprint density at radius 1 is 0.463 bits per heavy atom. The van der Waals surface area contributed by atoms with E-state index < -0.39 is 0 Å². The van der Waals surface area contributed by atoms with Crippen LogP contribution in [0.15, 0.2) is 138 Å². The zero-order chi connectivity index (χ0) is 26.9. The van der Waals surface area contributed by atoms with E-state index >= 15 is 0 Å². The third-order valence-corrected chi connectivity index (χ3v) is 8.28. The Balaban J connectivity index is 1.28. The highest BCUT2D eigenvalue weighted by molar-refractivity contribution is 6.24. The topological polar surface area (TPSA) is 38.9 Å². The Labute approximate surface area is 235 Å². The SMILES string of the molecule is c1cc(-c2cnc3c4ccccc4c4ccccc4c3n2)cc(-c2cccc3oc4ccc5ccccc5c4c23)c1. The van der Waals surface area contributed by atoms with Crippen LogP contribution in [-0.4, -0.2) is 9.97 Å². The van der Waals surface area contributed by atoms with Gasteiger partial charge < -0.3 is 4.42 Å². The van der Waals surface area contributed by atoms with Gasteiger partial charge in [-0.15, -0.1) is 0 Å². The zero-order valence-electron chi connectivity index (χ0n) is 22.0. The second-order valence-corrected chi connectivity index (χ2v) is 10.6. The van der Waals surface area contributed by atoms with E-state index in [4.69, 9.17) is 14.4 Å². The summed E-state index contributed by atoms with van der Waals surface area (Å²) in [4.78, 5) is 10.2. The number of fused-ring (bicyclic) bond motifs is 11. The molecule has 3 nitrogen and oxygen atoms in total. The minimum atomic E-state index is 0.856. The highest BCUT2D eigenvalue weighted by Gasteiger charge is 2.16. The third-order valence-electron chi connectivity index (χ3n) is 8.28. The van der Waals surface area contributed by atoms with E-state index in [1.165, 1.54) is 21.5 Å². The maximum Gasteiger partial charge on any atom is 0.136 e. The molecule has 2 aromatic heterocycles. The van der Waals surface area contributed by atoms with Gasteiger partial charge in [0.1, 0.15) is 11.2 Å². The van der Waals surface area contributed by atoms with Crippen molar-refractivity contribution in [1.82, 2.24) is 9.97 Å². The predicted octanol–water partition coefficient (Wildman–Crippen LogP) is 10.3. The molecule has 0 spiro atoms. The van der Waals surface area contributed by atoms with Gasteiger partial charge in [0.15, 0.2) is 0 Å². The first kappa shape index (κ1) is 22.3. The van der Waals surface area contributed by atoms with Gasteiger partial charge in [-0.25, -0.2) is 4.98 Å². The van der Waals surface area contributed by atoms with Gasteiger partial charge in [0.05, 0.1) is 22.9 Å². The molecule has 0 unspecified atom stereocenters. The molecule has 190 valence electrons. The van der Waals surface area contributed by atoms with E-state index in [9.17, 15) is 0 Å². The molecule has 0 saturated heterocycles. The van der Waals surface area contributed by atoms with Gasteiger partial charge in [0, 0.05) is 27.1 Å². The monoisotopic (exact) mass is 522 g/mol. The van der Waals surface area contributed by atoms with Crippen LogP contribution in [0.5, 0.6) is 0 Å². The lowest BCUT2D eigenvalue weighted by molar-refractivity contribution is 0.669. The van der Waals surface area contributed by atoms with Crippen LogP contribution in [0.25, 0.3) is 87.7 Å². The molecule has 0 aliphatic rings. The van der Waals surface area contributed by atoms with Gasteiger partial charge in [-0.3, -0.25) is 4.98 Å². The fourth-order valence-electron chi connectivity index (χ4n) is 6.44. The predicted molar refractivity (Wildman–Crippen MR) is 170 cm³/mol. The van der Waals surface area contributed by atoms with Crippen molar-refractivity contribution in [3.05, 3.63) is 134 Å². The number of furan rings is 1. The molecule has 0 N–H and O–H groups in total. The molecule has 0 fully saturated rings. The lowest BCUT2D eigenvalue weighted by Crippen LogP contribution is -1.92. The van der Waals surface area contributed by atoms with Crippen LogP contribution in [0.1, 0.15) is 0 Å². The Hall–Kier alpha value is -5.54. The van der Waals surface area contributed by atoms with Crippen molar-refractivity contribution < 1.29 is 4.42 Å². The van der Waals surface area contributed by atoms with Crippen molar-refractivity contribution in [2.24, 2.45) is 0 Å². The quantitative estimate of drug-likeness (QED) is 0.212. The lowest BCUT2D eigenvalue weighted by atomic mass is 9.95. The normalized spacial score (nSPS) is 11.9. The molecule has 9 aromatic rings. The molecule has 0 radical (unpaired) electrons. The summed E-state index contributed by atoms with van der Waals surface area (Å²) in [6, 6.07) is 44.6. The van der Waals surface area contributed by atoms with Crippen LogP contribution >= 0.6 is 0 Å². The Morgan fingerprint density at radius 3 is 1.95 bits per heavy atom. The Bertz CT molecular complexity index is 2450. The Kier molecular flexibility index (Phi) is 4.61. The third kappa shape index (κ3) is 3.26. The summed E-state index contributed by atoms with van der Waals surface area (Å²) >= 11 is 0. The molecule has 0 amide bonds. The van der Waals surface area contributed by atoms with Gasteiger partial charge in [-0.2, -0.15) is 0 Å². The van der Waals surface area contributed by atoms with E-state index in [0.717, 1.165) is 66.1 Å². The van der Waals surface area contributed by atoms with E-state index in [0.29, 0.717) is 0 Å². The average molecular weight is 523 g/mol. The van der Waals surface area contributed by atoms with Crippen LogP contribution in [0.3, 0.4) is 0 Å². The van der Waals surface area contributed by atoms with Crippen molar-refractivity contribution in [1.29, 1.82) is 0 Å². The molecular formula is C38H22N2O. The van der Waals surface area contributed by atoms with Crippen LogP contribution in [0.2, 0.25) is 0 Å². The smallest absolute Gasteiger partial charge is 0.136 e. The highest BCUT2D eigenvalue weighted by Crippen LogP contribution is 2.41. The maximum absolute atomic E-state index is 6.34. The largest absolute Gasteiger partial charge is 0.456 e. The van der Waals surface area contributed by atoms with Crippen molar-refractivity contribution in [3.8, 4) is 22.4 Å². The fourth-order valence-corrected chi connectivity index (χ4v) is 6.44. The second-order valence-electron chi connectivity index (χ2n) is 10.6. The van der Waals surface area contributed by atoms with Gasteiger partial charge in [-0.05, 0) is 50.9 Å². The molecule has 0 bridgehead atoms. The first-order valence-corrected chi connectivity index (χ1v) is 13.8. The highest BCUT2D eigenvalue weighted by atomic mass is 16.3. The van der Waals surface area contributed by atoms with Crippen molar-refractivity contribution >= 4 is 65.3 Å². The van der Waals surface area contributed by atoms with Crippen molar-refractivity contribution in [3.63, 3.8) is 0 Å². The summed E-state index contributed by atoms with van der Waals surface area (Å²) in [5, 5.41) is 9.34. The molecule has 0 saturated carbocycles. The molecule has 0 aliphatic carbocycles. The van der Waals surface area contributed by atoms with E-state index in [-0.39, 0.29) is 0 Å². The zero-order valence-corrected chi connectivity index (χ0v) is 22.0. The van der Waals surface area contributed by atoms with Crippen LogP contribution in [0.4, 0.5) is 0 Å². The molecule has 2 heterocycles. The maximum atomic E-state index is 6.34. The average Bonchev–Trinajstić information content (AvgIpc) is 3.44. The number of benzene rings is 7. The molecular weight excluding hydrogens is 500 g/mol. The summed E-state index contributed by atoms with van der Waals surface area (Å²) < 4.78 is 6.34. The van der Waals surface area contributed by atoms with Gasteiger partial charge in [0.2, 0.25) is 0 Å². The fraction of sp³-hybridized carbons (Fsp3) is 0. The van der Waals surface area contributed by atoms with Crippen LogP contribution in [-0.2, 0) is 0 Å². The minimum Gasteiger partial charge on any atom is -0.456 e. The van der Waals surface area contributed by atoms with E-state index in [1.54, 1.807) is 0 Å². The first-order valence-electron chi connectivity index (χ1n) is 13.8. The molecule has 0 aliphatic heterocycles. The molecule has 3 heteroatoms. The van der Waals surface area contributed by atoms with Gasteiger partial charge in [0.25, 0.3) is 0 Å². The number of rotatable bonds is 2. The van der Waals surface area contributed by atoms with E-state index in [1.807, 2.05) is 6.20 Å². The molecule has 9 rings (SSSR count). The minimum absolute atomic E-state index is 0.856. The number of hydrogen-bond donors (Lipinski definition) is 0. The summed E-state index contributed by atoms with van der Waals surface area (Å²) in [5.41, 5.74) is 7.80. The summed E-state index contributed by atoms with van der Waals surface area (Å²) in [6.07, 6.45) is 1.91. The second kappa shape index (κ2) is 8.48. The Morgan fingerprint density at radius 2 is 1.12 bits per heavy atom. The standard InChI is InChI=1S/C38H22N2O/c1-2-12-26-23(9-1)19-20-34-35(26)36-27(17-8-18-33(36)41-34)24-10-7-11-25(21-24)32-22-39-37-30-15-5-3-13-28(30)29-14-4-6-16-31(29)38(37)40-32/h1-22H. The van der Waals surface area contributed by atoms with Crippen molar-refractivity contribution in [2.45, 2.75) is 0 Å². The lowest BCUT2D eigenvalue weighted by Gasteiger charge is -2.11. The summed E-state index contributed by atoms with van der Waals surface area (Å²) in [5.74, 6) is 0. The first-order chi connectivity index (χ1) is 20.3. The summed E-state index contributed by atoms with van der Waals surface area (Å²) in [7, 11) is 0. The van der Waals surface area contributed by atoms with E-state index in [2.05, 4.69) is 127 Å². The number of nitrogens with zero attached hydrogens (tertiary/aromatic N) is 2.